The van der Waals surface area contributed by atoms with Gasteiger partial charge in [-0.1, -0.05) is 0 Å². The van der Waals surface area contributed by atoms with Crippen LogP contribution in [-0.4, -0.2) is 55.9 Å². The molecule has 2 heterocycles. The van der Waals surface area contributed by atoms with Crippen molar-refractivity contribution < 1.29 is 15.0 Å². The number of aliphatic hydroxyl groups excluding tert-OH is 1. The van der Waals surface area contributed by atoms with Crippen LogP contribution in [0.4, 0.5) is 0 Å². The molecule has 16 heavy (non-hydrogen) atoms. The molecule has 0 saturated carbocycles. The number of carbonyl (C=O) groups is 1. The number of carboxylic acids is 1. The molecular weight excluding hydrogens is 210 g/mol. The van der Waals surface area contributed by atoms with E-state index in [1.54, 1.807) is 28.2 Å². The standard InChI is InChI=1S/C10H15N3O3/c14-8(5-12-4-2-11-7-12)6-13-3-1-9(13)10(15)16/h2,4,7-9,14H,1,3,5-6H2,(H,15,16). The van der Waals surface area contributed by atoms with Gasteiger partial charge in [0.1, 0.15) is 6.04 Å². The number of hydrogen-bond acceptors (Lipinski definition) is 4. The van der Waals surface area contributed by atoms with Crippen molar-refractivity contribution in [3.8, 4) is 0 Å². The van der Waals surface area contributed by atoms with Gasteiger partial charge in [0, 0.05) is 25.5 Å². The number of β-amino-alcohol motifs (C(OH)–C–C–N with tert-alkyl or cyclic N) is 1. The van der Waals surface area contributed by atoms with Gasteiger partial charge in [-0.15, -0.1) is 0 Å². The first-order valence-electron chi connectivity index (χ1n) is 5.27. The lowest BCUT2D eigenvalue weighted by molar-refractivity contribution is -0.149. The topological polar surface area (TPSA) is 78.6 Å². The summed E-state index contributed by atoms with van der Waals surface area (Å²) in [6.45, 7) is 1.59. The summed E-state index contributed by atoms with van der Waals surface area (Å²) in [6, 6.07) is -0.419. The van der Waals surface area contributed by atoms with Gasteiger partial charge in [0.15, 0.2) is 0 Å². The molecule has 1 fully saturated rings. The highest BCUT2D eigenvalue weighted by Crippen LogP contribution is 2.17. The van der Waals surface area contributed by atoms with E-state index in [1.165, 1.54) is 0 Å². The molecule has 88 valence electrons. The van der Waals surface area contributed by atoms with E-state index in [1.807, 2.05) is 0 Å². The van der Waals surface area contributed by atoms with Crippen LogP contribution in [0.3, 0.4) is 0 Å². The van der Waals surface area contributed by atoms with Crippen molar-refractivity contribution in [2.75, 3.05) is 13.1 Å². The highest BCUT2D eigenvalue weighted by molar-refractivity contribution is 5.74. The minimum Gasteiger partial charge on any atom is -0.480 e. The minimum atomic E-state index is -0.805. The first-order valence-corrected chi connectivity index (χ1v) is 5.27. The van der Waals surface area contributed by atoms with Gasteiger partial charge in [-0.3, -0.25) is 9.69 Å². The fraction of sp³-hybridized carbons (Fsp3) is 0.600. The minimum absolute atomic E-state index is 0.398. The first-order chi connectivity index (χ1) is 7.66. The lowest BCUT2D eigenvalue weighted by Gasteiger charge is -2.39. The smallest absolute Gasteiger partial charge is 0.320 e. The van der Waals surface area contributed by atoms with Crippen molar-refractivity contribution in [2.45, 2.75) is 25.1 Å². The normalized spacial score (nSPS) is 22.7. The number of nitrogens with zero attached hydrogens (tertiary/aromatic N) is 3. The molecule has 0 radical (unpaired) electrons. The molecule has 2 unspecified atom stereocenters. The van der Waals surface area contributed by atoms with Crippen LogP contribution in [0.1, 0.15) is 6.42 Å². The fourth-order valence-corrected chi connectivity index (χ4v) is 1.91. The molecule has 2 rings (SSSR count). The Bertz CT molecular complexity index is 352. The van der Waals surface area contributed by atoms with Gasteiger partial charge in [0.25, 0.3) is 0 Å². The Morgan fingerprint density at radius 1 is 1.56 bits per heavy atom. The van der Waals surface area contributed by atoms with Crippen molar-refractivity contribution in [2.24, 2.45) is 0 Å². The van der Waals surface area contributed by atoms with Crippen molar-refractivity contribution in [3.05, 3.63) is 18.7 Å². The van der Waals surface area contributed by atoms with E-state index in [0.29, 0.717) is 19.5 Å². The van der Waals surface area contributed by atoms with Crippen molar-refractivity contribution >= 4 is 5.97 Å². The number of aromatic nitrogens is 2. The third-order valence-corrected chi connectivity index (χ3v) is 2.84. The Hall–Kier alpha value is -1.40. The quantitative estimate of drug-likeness (QED) is 0.699. The van der Waals surface area contributed by atoms with E-state index in [-0.39, 0.29) is 0 Å². The monoisotopic (exact) mass is 225 g/mol. The number of aliphatic hydroxyl groups is 1. The second-order valence-electron chi connectivity index (χ2n) is 4.05. The van der Waals surface area contributed by atoms with Gasteiger partial charge in [-0.25, -0.2) is 4.98 Å². The van der Waals surface area contributed by atoms with Crippen molar-refractivity contribution in [3.63, 3.8) is 0 Å². The Balaban J connectivity index is 1.79. The summed E-state index contributed by atoms with van der Waals surface area (Å²) < 4.78 is 1.78. The van der Waals surface area contributed by atoms with E-state index >= 15 is 0 Å². The van der Waals surface area contributed by atoms with E-state index < -0.39 is 18.1 Å². The molecule has 1 saturated heterocycles. The summed E-state index contributed by atoms with van der Waals surface area (Å²) in [6.07, 6.45) is 5.17. The Labute approximate surface area is 93.1 Å². The van der Waals surface area contributed by atoms with Gasteiger partial charge < -0.3 is 14.8 Å². The summed E-state index contributed by atoms with van der Waals surface area (Å²) in [4.78, 5) is 16.4. The summed E-state index contributed by atoms with van der Waals surface area (Å²) in [5, 5.41) is 18.6. The van der Waals surface area contributed by atoms with Gasteiger partial charge in [-0.05, 0) is 6.42 Å². The molecule has 1 aromatic heterocycles. The van der Waals surface area contributed by atoms with Crippen LogP contribution in [0.25, 0.3) is 0 Å². The molecule has 1 aliphatic heterocycles. The summed E-state index contributed by atoms with van der Waals surface area (Å²) in [7, 11) is 0. The number of imidazole rings is 1. The van der Waals surface area contributed by atoms with Crippen LogP contribution >= 0.6 is 0 Å². The van der Waals surface area contributed by atoms with Crippen LogP contribution < -0.4 is 0 Å². The van der Waals surface area contributed by atoms with Crippen molar-refractivity contribution in [1.82, 2.24) is 14.5 Å². The maximum Gasteiger partial charge on any atom is 0.320 e. The SMILES string of the molecule is O=C(O)C1CCN1CC(O)Cn1ccnc1. The number of likely N-dealkylation sites (tertiary alicyclic amines) is 1. The number of aliphatic carboxylic acids is 1. The van der Waals surface area contributed by atoms with E-state index in [0.717, 1.165) is 6.54 Å². The Kier molecular flexibility index (Phi) is 3.21. The van der Waals surface area contributed by atoms with Gasteiger partial charge in [0.05, 0.1) is 19.0 Å². The maximum absolute atomic E-state index is 10.8. The zero-order valence-corrected chi connectivity index (χ0v) is 8.86. The van der Waals surface area contributed by atoms with E-state index in [2.05, 4.69) is 4.98 Å². The van der Waals surface area contributed by atoms with Gasteiger partial charge in [-0.2, -0.15) is 0 Å². The number of hydrogen-bond donors (Lipinski definition) is 2. The van der Waals surface area contributed by atoms with Crippen molar-refractivity contribution in [1.29, 1.82) is 0 Å². The van der Waals surface area contributed by atoms with Gasteiger partial charge >= 0.3 is 5.97 Å². The van der Waals surface area contributed by atoms with E-state index in [9.17, 15) is 9.90 Å². The zero-order valence-electron chi connectivity index (χ0n) is 8.86. The van der Waals surface area contributed by atoms with Gasteiger partial charge in [0.2, 0.25) is 0 Å². The average Bonchev–Trinajstić information content (AvgIpc) is 2.64. The number of carboxylic acid groups (broad SMARTS) is 1. The van der Waals surface area contributed by atoms with Crippen LogP contribution in [0.5, 0.6) is 0 Å². The van der Waals surface area contributed by atoms with Crippen LogP contribution in [0, 0.1) is 0 Å². The molecule has 0 bridgehead atoms. The summed E-state index contributed by atoms with van der Waals surface area (Å²) in [5.74, 6) is -0.805. The second kappa shape index (κ2) is 4.63. The maximum atomic E-state index is 10.8. The molecule has 2 N–H and O–H groups in total. The Morgan fingerprint density at radius 2 is 2.38 bits per heavy atom. The van der Waals surface area contributed by atoms with E-state index in [4.69, 9.17) is 5.11 Å². The molecule has 6 heteroatoms. The molecule has 0 aromatic carbocycles. The molecule has 6 nitrogen and oxygen atoms in total. The highest BCUT2D eigenvalue weighted by Gasteiger charge is 2.34. The molecule has 2 atom stereocenters. The molecule has 1 aliphatic rings. The lowest BCUT2D eigenvalue weighted by Crippen LogP contribution is -2.55. The largest absolute Gasteiger partial charge is 0.480 e. The summed E-state index contributed by atoms with van der Waals surface area (Å²) in [5.41, 5.74) is 0. The van der Waals surface area contributed by atoms with Crippen LogP contribution in [0.15, 0.2) is 18.7 Å². The lowest BCUT2D eigenvalue weighted by atomic mass is 10.0. The molecule has 0 aliphatic carbocycles. The average molecular weight is 225 g/mol. The molecule has 0 spiro atoms. The Morgan fingerprint density at radius 3 is 2.88 bits per heavy atom. The predicted octanol–water partition coefficient (Wildman–Crippen LogP) is -0.597. The third kappa shape index (κ3) is 2.40. The fourth-order valence-electron chi connectivity index (χ4n) is 1.91. The molecule has 1 aromatic rings. The number of rotatable bonds is 5. The second-order valence-corrected chi connectivity index (χ2v) is 4.05. The predicted molar refractivity (Wildman–Crippen MR) is 55.8 cm³/mol. The van der Waals surface area contributed by atoms with Crippen LogP contribution in [0.2, 0.25) is 0 Å². The summed E-state index contributed by atoms with van der Waals surface area (Å²) >= 11 is 0. The third-order valence-electron chi connectivity index (χ3n) is 2.84. The molecule has 0 amide bonds. The highest BCUT2D eigenvalue weighted by atomic mass is 16.4. The first kappa shape index (κ1) is 11.1. The van der Waals surface area contributed by atoms with Crippen LogP contribution in [-0.2, 0) is 11.3 Å². The zero-order chi connectivity index (χ0) is 11.5. The molecular formula is C10H15N3O3.